The highest BCUT2D eigenvalue weighted by molar-refractivity contribution is 5.54. The van der Waals surface area contributed by atoms with E-state index in [0.717, 1.165) is 19.3 Å². The van der Waals surface area contributed by atoms with Gasteiger partial charge in [-0.25, -0.2) is 4.98 Å². The molecule has 1 aliphatic rings. The Morgan fingerprint density at radius 3 is 2.95 bits per heavy atom. The first-order valence-corrected chi connectivity index (χ1v) is 6.53. The van der Waals surface area contributed by atoms with Crippen molar-refractivity contribution in [2.24, 2.45) is 17.6 Å². The molecule has 2 N–H and O–H groups in total. The van der Waals surface area contributed by atoms with Crippen molar-refractivity contribution < 1.29 is 9.66 Å². The number of nitriles is 1. The van der Waals surface area contributed by atoms with E-state index in [4.69, 9.17) is 15.7 Å². The predicted octanol–water partition coefficient (Wildman–Crippen LogP) is 1.62. The van der Waals surface area contributed by atoms with Crippen LogP contribution in [0.4, 0.5) is 5.69 Å². The monoisotopic (exact) mass is 276 g/mol. The van der Waals surface area contributed by atoms with Crippen molar-refractivity contribution in [1.82, 2.24) is 4.98 Å². The van der Waals surface area contributed by atoms with Crippen LogP contribution in [0.1, 0.15) is 24.8 Å². The molecule has 1 aromatic heterocycles. The zero-order valence-corrected chi connectivity index (χ0v) is 11.0. The van der Waals surface area contributed by atoms with Gasteiger partial charge in [0.1, 0.15) is 11.6 Å². The fourth-order valence-electron chi connectivity index (χ4n) is 2.64. The first-order valence-electron chi connectivity index (χ1n) is 6.53. The van der Waals surface area contributed by atoms with Crippen LogP contribution < -0.4 is 10.5 Å². The van der Waals surface area contributed by atoms with E-state index in [0.29, 0.717) is 25.0 Å². The molecule has 106 valence electrons. The Labute approximate surface area is 116 Å². The third kappa shape index (κ3) is 2.86. The molecule has 0 aliphatic heterocycles. The summed E-state index contributed by atoms with van der Waals surface area (Å²) >= 11 is 0. The highest BCUT2D eigenvalue weighted by atomic mass is 16.6. The van der Waals surface area contributed by atoms with Crippen LogP contribution in [0.15, 0.2) is 12.3 Å². The van der Waals surface area contributed by atoms with Gasteiger partial charge in [0, 0.05) is 6.20 Å². The first kappa shape index (κ1) is 14.2. The van der Waals surface area contributed by atoms with Crippen molar-refractivity contribution in [2.45, 2.75) is 19.3 Å². The van der Waals surface area contributed by atoms with E-state index in [1.165, 1.54) is 12.3 Å². The van der Waals surface area contributed by atoms with Crippen LogP contribution in [0, 0.1) is 33.3 Å². The molecule has 0 spiro atoms. The van der Waals surface area contributed by atoms with Crippen LogP contribution in [-0.2, 0) is 0 Å². The maximum atomic E-state index is 11.0. The van der Waals surface area contributed by atoms with Gasteiger partial charge in [-0.05, 0) is 37.3 Å². The van der Waals surface area contributed by atoms with Gasteiger partial charge in [0.05, 0.1) is 11.5 Å². The SMILES string of the molecule is N#Cc1ccnc(OCC2CCCC2CN)c1[N+](=O)[O-]. The van der Waals surface area contributed by atoms with Crippen LogP contribution in [-0.4, -0.2) is 23.1 Å². The number of hydrogen-bond donors (Lipinski definition) is 1. The number of aromatic nitrogens is 1. The van der Waals surface area contributed by atoms with Gasteiger partial charge in [-0.15, -0.1) is 0 Å². The summed E-state index contributed by atoms with van der Waals surface area (Å²) in [6.45, 7) is 0.951. The number of nitro groups is 1. The van der Waals surface area contributed by atoms with Crippen LogP contribution in [0.3, 0.4) is 0 Å². The van der Waals surface area contributed by atoms with Crippen LogP contribution in [0.25, 0.3) is 0 Å². The lowest BCUT2D eigenvalue weighted by Crippen LogP contribution is -2.23. The van der Waals surface area contributed by atoms with E-state index in [-0.39, 0.29) is 17.1 Å². The largest absolute Gasteiger partial charge is 0.472 e. The fourth-order valence-corrected chi connectivity index (χ4v) is 2.64. The summed E-state index contributed by atoms with van der Waals surface area (Å²) in [5.41, 5.74) is 5.29. The molecule has 7 heteroatoms. The average molecular weight is 276 g/mol. The molecule has 0 bridgehead atoms. The zero-order chi connectivity index (χ0) is 14.5. The van der Waals surface area contributed by atoms with Gasteiger partial charge in [0.2, 0.25) is 0 Å². The second kappa shape index (κ2) is 6.30. The van der Waals surface area contributed by atoms with Gasteiger partial charge in [0.15, 0.2) is 0 Å². The lowest BCUT2D eigenvalue weighted by Gasteiger charge is -2.17. The summed E-state index contributed by atoms with van der Waals surface area (Å²) in [6, 6.07) is 3.09. The van der Waals surface area contributed by atoms with Crippen molar-refractivity contribution in [1.29, 1.82) is 5.26 Å². The van der Waals surface area contributed by atoms with Gasteiger partial charge in [-0.2, -0.15) is 5.26 Å². The van der Waals surface area contributed by atoms with Crippen molar-refractivity contribution >= 4 is 5.69 Å². The normalized spacial score (nSPS) is 21.4. The Balaban J connectivity index is 2.14. The molecule has 1 fully saturated rings. The smallest absolute Gasteiger partial charge is 0.348 e. The number of rotatable bonds is 5. The van der Waals surface area contributed by atoms with E-state index >= 15 is 0 Å². The molecular formula is C13H16N4O3. The highest BCUT2D eigenvalue weighted by Gasteiger charge is 2.29. The molecule has 20 heavy (non-hydrogen) atoms. The Morgan fingerprint density at radius 2 is 2.30 bits per heavy atom. The number of pyridine rings is 1. The Morgan fingerprint density at radius 1 is 1.55 bits per heavy atom. The second-order valence-corrected chi connectivity index (χ2v) is 4.88. The summed E-state index contributed by atoms with van der Waals surface area (Å²) in [6.07, 6.45) is 4.52. The molecule has 1 saturated carbocycles. The predicted molar refractivity (Wildman–Crippen MR) is 71.0 cm³/mol. The fraction of sp³-hybridized carbons (Fsp3) is 0.538. The van der Waals surface area contributed by atoms with Crippen molar-refractivity contribution in [3.8, 4) is 11.9 Å². The summed E-state index contributed by atoms with van der Waals surface area (Å²) < 4.78 is 5.50. The molecule has 0 aromatic carbocycles. The van der Waals surface area contributed by atoms with Crippen molar-refractivity contribution in [2.75, 3.05) is 13.2 Å². The minimum Gasteiger partial charge on any atom is -0.472 e. The summed E-state index contributed by atoms with van der Waals surface area (Å²) in [7, 11) is 0. The molecule has 0 amide bonds. The minimum atomic E-state index is -0.629. The quantitative estimate of drug-likeness (QED) is 0.645. The minimum absolute atomic E-state index is 0.0400. The highest BCUT2D eigenvalue weighted by Crippen LogP contribution is 2.33. The molecule has 1 heterocycles. The maximum absolute atomic E-state index is 11.0. The lowest BCUT2D eigenvalue weighted by molar-refractivity contribution is -0.386. The van der Waals surface area contributed by atoms with Crippen LogP contribution >= 0.6 is 0 Å². The molecule has 7 nitrogen and oxygen atoms in total. The summed E-state index contributed by atoms with van der Waals surface area (Å²) in [5, 5.41) is 19.9. The van der Waals surface area contributed by atoms with Crippen LogP contribution in [0.5, 0.6) is 5.88 Å². The Bertz CT molecular complexity index is 541. The molecule has 1 aromatic rings. The van der Waals surface area contributed by atoms with Crippen LogP contribution in [0.2, 0.25) is 0 Å². The van der Waals surface area contributed by atoms with Gasteiger partial charge >= 0.3 is 5.69 Å². The van der Waals surface area contributed by atoms with E-state index in [9.17, 15) is 10.1 Å². The van der Waals surface area contributed by atoms with Crippen molar-refractivity contribution in [3.63, 3.8) is 0 Å². The molecule has 1 aliphatic carbocycles. The number of nitrogens with two attached hydrogens (primary N) is 1. The summed E-state index contributed by atoms with van der Waals surface area (Å²) in [5.74, 6) is 0.608. The van der Waals surface area contributed by atoms with E-state index < -0.39 is 4.92 Å². The number of nitrogens with zero attached hydrogens (tertiary/aromatic N) is 3. The molecule has 0 radical (unpaired) electrons. The third-order valence-corrected chi connectivity index (χ3v) is 3.75. The molecular weight excluding hydrogens is 260 g/mol. The lowest BCUT2D eigenvalue weighted by atomic mass is 9.97. The van der Waals surface area contributed by atoms with Gasteiger partial charge in [0.25, 0.3) is 5.88 Å². The average Bonchev–Trinajstić information content (AvgIpc) is 2.91. The molecule has 0 saturated heterocycles. The Hall–Kier alpha value is -2.20. The van der Waals surface area contributed by atoms with Gasteiger partial charge in [-0.3, -0.25) is 10.1 Å². The zero-order valence-electron chi connectivity index (χ0n) is 11.0. The summed E-state index contributed by atoms with van der Waals surface area (Å²) in [4.78, 5) is 14.3. The topological polar surface area (TPSA) is 115 Å². The first-order chi connectivity index (χ1) is 9.67. The van der Waals surface area contributed by atoms with Gasteiger partial charge in [-0.1, -0.05) is 6.42 Å². The molecule has 2 rings (SSSR count). The maximum Gasteiger partial charge on any atom is 0.348 e. The van der Waals surface area contributed by atoms with E-state index in [2.05, 4.69) is 4.98 Å². The van der Waals surface area contributed by atoms with Gasteiger partial charge < -0.3 is 10.5 Å². The van der Waals surface area contributed by atoms with E-state index in [1.807, 2.05) is 0 Å². The number of ether oxygens (including phenoxy) is 1. The molecule has 2 unspecified atom stereocenters. The van der Waals surface area contributed by atoms with Crippen molar-refractivity contribution in [3.05, 3.63) is 27.9 Å². The van der Waals surface area contributed by atoms with E-state index in [1.54, 1.807) is 6.07 Å². The Kier molecular flexibility index (Phi) is 4.48. The second-order valence-electron chi connectivity index (χ2n) is 4.88. The number of hydrogen-bond acceptors (Lipinski definition) is 6. The molecule has 2 atom stereocenters. The standard InChI is InChI=1S/C13H16N4O3/c14-6-9-2-1-3-11(9)8-20-13-12(17(18)19)10(7-15)4-5-16-13/h4-5,9,11H,1-3,6,8,14H2. The third-order valence-electron chi connectivity index (χ3n) is 3.75.